The molecule has 2 atom stereocenters. The van der Waals surface area contributed by atoms with Crippen LogP contribution in [0, 0.1) is 25.7 Å². The maximum absolute atomic E-state index is 13.7. The van der Waals surface area contributed by atoms with E-state index >= 15 is 0 Å². The van der Waals surface area contributed by atoms with Crippen molar-refractivity contribution in [3.63, 3.8) is 0 Å². The Hall–Kier alpha value is -2.28. The Bertz CT molecular complexity index is 1190. The highest BCUT2D eigenvalue weighted by Gasteiger charge is 2.43. The van der Waals surface area contributed by atoms with Gasteiger partial charge in [-0.05, 0) is 49.2 Å². The van der Waals surface area contributed by atoms with Crippen molar-refractivity contribution in [2.75, 3.05) is 26.3 Å². The summed E-state index contributed by atoms with van der Waals surface area (Å²) in [5.74, 6) is 0.615. The molecule has 0 N–H and O–H groups in total. The monoisotopic (exact) mass is 408 g/mol. The second-order valence-corrected chi connectivity index (χ2v) is 10.1. The number of fused-ring (bicyclic) bond motifs is 2. The molecule has 2 aliphatic rings. The number of pyridine rings is 1. The van der Waals surface area contributed by atoms with E-state index in [1.165, 1.54) is 0 Å². The molecule has 1 aromatic heterocycles. The molecule has 0 amide bonds. The Kier molecular flexibility index (Phi) is 4.46. The maximum atomic E-state index is 13.7. The van der Waals surface area contributed by atoms with Crippen LogP contribution in [0.1, 0.15) is 11.1 Å². The summed E-state index contributed by atoms with van der Waals surface area (Å²) in [5.41, 5.74) is 4.49. The number of nitrogens with zero attached hydrogens (tertiary/aromatic N) is 2. The third kappa shape index (κ3) is 3.16. The van der Waals surface area contributed by atoms with Gasteiger partial charge in [-0.25, -0.2) is 8.42 Å². The van der Waals surface area contributed by atoms with Crippen LogP contribution in [-0.4, -0.2) is 44.0 Å². The smallest absolute Gasteiger partial charge is 0.243 e. The standard InChI is InChI=1S/C23H24N2O3S/c1-15-7-21(18-9-17-5-3-4-6-22(17)24-10-18)23(8-16(15)2)29(26,27)25-11-19-13-28-14-20(19)12-25/h3-10,19-20H,11-14H2,1-2H3/t19-,20+. The molecule has 0 unspecified atom stereocenters. The van der Waals surface area contributed by atoms with Crippen LogP contribution in [0.25, 0.3) is 22.0 Å². The first-order valence-electron chi connectivity index (χ1n) is 9.98. The fourth-order valence-electron chi connectivity index (χ4n) is 4.43. The molecule has 3 heterocycles. The molecular formula is C23H24N2O3S. The van der Waals surface area contributed by atoms with Gasteiger partial charge in [0.1, 0.15) is 0 Å². The van der Waals surface area contributed by atoms with Crippen LogP contribution in [0.2, 0.25) is 0 Å². The lowest BCUT2D eigenvalue weighted by Crippen LogP contribution is -2.31. The van der Waals surface area contributed by atoms with Gasteiger partial charge in [-0.1, -0.05) is 18.2 Å². The van der Waals surface area contributed by atoms with E-state index in [9.17, 15) is 8.42 Å². The zero-order chi connectivity index (χ0) is 20.2. The van der Waals surface area contributed by atoms with Gasteiger partial charge in [0.25, 0.3) is 0 Å². The maximum Gasteiger partial charge on any atom is 0.243 e. The summed E-state index contributed by atoms with van der Waals surface area (Å²) in [4.78, 5) is 4.93. The van der Waals surface area contributed by atoms with Gasteiger partial charge in [0.15, 0.2) is 0 Å². The van der Waals surface area contributed by atoms with Gasteiger partial charge in [0, 0.05) is 47.6 Å². The molecule has 5 nitrogen and oxygen atoms in total. The normalized spacial score (nSPS) is 22.3. The van der Waals surface area contributed by atoms with Gasteiger partial charge in [0.2, 0.25) is 10.0 Å². The zero-order valence-corrected chi connectivity index (χ0v) is 17.4. The molecule has 0 spiro atoms. The highest BCUT2D eigenvalue weighted by atomic mass is 32.2. The molecule has 29 heavy (non-hydrogen) atoms. The van der Waals surface area contributed by atoms with Crippen LogP contribution in [0.5, 0.6) is 0 Å². The minimum Gasteiger partial charge on any atom is -0.381 e. The van der Waals surface area contributed by atoms with Crippen LogP contribution in [0.3, 0.4) is 0 Å². The van der Waals surface area contributed by atoms with E-state index in [0.717, 1.165) is 33.2 Å². The predicted molar refractivity (Wildman–Crippen MR) is 113 cm³/mol. The fourth-order valence-corrected chi connectivity index (χ4v) is 6.26. The number of rotatable bonds is 3. The quantitative estimate of drug-likeness (QED) is 0.662. The number of hydrogen-bond donors (Lipinski definition) is 0. The Morgan fingerprint density at radius 3 is 2.45 bits per heavy atom. The lowest BCUT2D eigenvalue weighted by molar-refractivity contribution is 0.168. The van der Waals surface area contributed by atoms with Gasteiger partial charge < -0.3 is 4.74 Å². The first-order chi connectivity index (χ1) is 13.9. The number of aromatic nitrogens is 1. The molecule has 0 aliphatic carbocycles. The third-order valence-electron chi connectivity index (χ3n) is 6.32. The van der Waals surface area contributed by atoms with Crippen LogP contribution >= 0.6 is 0 Å². The van der Waals surface area contributed by atoms with E-state index in [4.69, 9.17) is 4.74 Å². The summed E-state index contributed by atoms with van der Waals surface area (Å²) in [6.07, 6.45) is 1.78. The molecule has 2 fully saturated rings. The topological polar surface area (TPSA) is 59.5 Å². The Morgan fingerprint density at radius 2 is 1.69 bits per heavy atom. The summed E-state index contributed by atoms with van der Waals surface area (Å²) >= 11 is 0. The summed E-state index contributed by atoms with van der Waals surface area (Å²) in [6, 6.07) is 13.7. The van der Waals surface area contributed by atoms with Crippen LogP contribution in [-0.2, 0) is 14.8 Å². The van der Waals surface area contributed by atoms with Crippen molar-refractivity contribution >= 4 is 20.9 Å². The first kappa shape index (κ1) is 18.7. The molecule has 0 bridgehead atoms. The molecule has 2 saturated heterocycles. The van der Waals surface area contributed by atoms with Gasteiger partial charge in [-0.2, -0.15) is 4.31 Å². The van der Waals surface area contributed by atoms with E-state index in [0.29, 0.717) is 43.0 Å². The molecule has 5 rings (SSSR count). The Labute approximate surface area is 171 Å². The molecular weight excluding hydrogens is 384 g/mol. The summed E-state index contributed by atoms with van der Waals surface area (Å²) in [7, 11) is -3.60. The average molecular weight is 409 g/mol. The number of sulfonamides is 1. The summed E-state index contributed by atoms with van der Waals surface area (Å²) in [5, 5.41) is 0.999. The van der Waals surface area contributed by atoms with Crippen molar-refractivity contribution in [2.24, 2.45) is 11.8 Å². The largest absolute Gasteiger partial charge is 0.381 e. The highest BCUT2D eigenvalue weighted by Crippen LogP contribution is 2.37. The average Bonchev–Trinajstić information content (AvgIpc) is 3.32. The number of aryl methyl sites for hydroxylation is 2. The number of ether oxygens (including phenoxy) is 1. The van der Waals surface area contributed by atoms with Crippen LogP contribution < -0.4 is 0 Å². The summed E-state index contributed by atoms with van der Waals surface area (Å²) < 4.78 is 34.5. The van der Waals surface area contributed by atoms with Crippen LogP contribution in [0.4, 0.5) is 0 Å². The van der Waals surface area contributed by atoms with Crippen LogP contribution in [0.15, 0.2) is 53.6 Å². The number of para-hydroxylation sites is 1. The molecule has 2 aromatic carbocycles. The van der Waals surface area contributed by atoms with Crippen molar-refractivity contribution < 1.29 is 13.2 Å². The lowest BCUT2D eigenvalue weighted by Gasteiger charge is -2.21. The first-order valence-corrected chi connectivity index (χ1v) is 11.4. The second kappa shape index (κ2) is 6.90. The van der Waals surface area contributed by atoms with E-state index in [1.54, 1.807) is 10.5 Å². The van der Waals surface area contributed by atoms with Crippen molar-refractivity contribution in [1.82, 2.24) is 9.29 Å². The molecule has 2 aliphatic heterocycles. The van der Waals surface area contributed by atoms with Crippen molar-refractivity contribution in [3.8, 4) is 11.1 Å². The molecule has 150 valence electrons. The van der Waals surface area contributed by atoms with Crippen molar-refractivity contribution in [2.45, 2.75) is 18.7 Å². The molecule has 0 saturated carbocycles. The predicted octanol–water partition coefficient (Wildman–Crippen LogP) is 3.79. The molecule has 3 aromatic rings. The summed E-state index contributed by atoms with van der Waals surface area (Å²) in [6.45, 7) is 6.37. The van der Waals surface area contributed by atoms with Gasteiger partial charge in [-0.15, -0.1) is 0 Å². The molecule has 6 heteroatoms. The lowest BCUT2D eigenvalue weighted by atomic mass is 10.0. The van der Waals surface area contributed by atoms with Gasteiger partial charge in [-0.3, -0.25) is 4.98 Å². The van der Waals surface area contributed by atoms with Crippen molar-refractivity contribution in [1.29, 1.82) is 0 Å². The molecule has 0 radical (unpaired) electrons. The number of hydrogen-bond acceptors (Lipinski definition) is 4. The number of benzene rings is 2. The third-order valence-corrected chi connectivity index (χ3v) is 8.19. The minimum atomic E-state index is -3.60. The van der Waals surface area contributed by atoms with E-state index in [-0.39, 0.29) is 0 Å². The fraction of sp³-hybridized carbons (Fsp3) is 0.348. The van der Waals surface area contributed by atoms with Gasteiger partial charge >= 0.3 is 0 Å². The second-order valence-electron chi connectivity index (χ2n) is 8.23. The Morgan fingerprint density at radius 1 is 1.00 bits per heavy atom. The minimum absolute atomic E-state index is 0.308. The van der Waals surface area contributed by atoms with E-state index < -0.39 is 10.0 Å². The van der Waals surface area contributed by atoms with Crippen molar-refractivity contribution in [3.05, 3.63) is 59.8 Å². The van der Waals surface area contributed by atoms with E-state index in [2.05, 4.69) is 4.98 Å². The zero-order valence-electron chi connectivity index (χ0n) is 16.6. The Balaban J connectivity index is 1.63. The van der Waals surface area contributed by atoms with E-state index in [1.807, 2.05) is 56.3 Å². The van der Waals surface area contributed by atoms with Gasteiger partial charge in [0.05, 0.1) is 23.6 Å². The highest BCUT2D eigenvalue weighted by molar-refractivity contribution is 7.89. The SMILES string of the molecule is Cc1cc(-c2cnc3ccccc3c2)c(S(=O)(=O)N2C[C@H]3COC[C@H]3C2)cc1C.